The molecule has 154 valence electrons. The molecular weight excluding hydrogens is 370 g/mol. The van der Waals surface area contributed by atoms with Crippen molar-refractivity contribution in [2.75, 3.05) is 11.9 Å². The van der Waals surface area contributed by atoms with Crippen LogP contribution >= 0.6 is 0 Å². The van der Waals surface area contributed by atoms with Crippen LogP contribution in [0, 0.1) is 0 Å². The Bertz CT molecular complexity index is 898. The first-order valence-electron chi connectivity index (χ1n) is 9.41. The van der Waals surface area contributed by atoms with E-state index in [9.17, 15) is 14.4 Å². The summed E-state index contributed by atoms with van der Waals surface area (Å²) >= 11 is 0. The van der Waals surface area contributed by atoms with Crippen LogP contribution < -0.4 is 10.1 Å². The Labute approximate surface area is 171 Å². The number of nitrogens with one attached hydrogen (secondary N) is 1. The van der Waals surface area contributed by atoms with Crippen LogP contribution in [0.2, 0.25) is 0 Å². The van der Waals surface area contributed by atoms with Crippen LogP contribution in [-0.2, 0) is 19.7 Å². The van der Waals surface area contributed by atoms with Crippen LogP contribution in [0.5, 0.6) is 5.75 Å². The minimum atomic E-state index is -1.01. The summed E-state index contributed by atoms with van der Waals surface area (Å²) in [5.74, 6) is -0.633. The molecule has 0 heterocycles. The van der Waals surface area contributed by atoms with E-state index in [1.54, 1.807) is 30.3 Å². The van der Waals surface area contributed by atoms with E-state index in [1.807, 2.05) is 18.2 Å². The first kappa shape index (κ1) is 22.1. The van der Waals surface area contributed by atoms with Crippen LogP contribution in [0.3, 0.4) is 0 Å². The van der Waals surface area contributed by atoms with Gasteiger partial charge < -0.3 is 14.8 Å². The average Bonchev–Trinajstić information content (AvgIpc) is 2.66. The summed E-state index contributed by atoms with van der Waals surface area (Å²) in [4.78, 5) is 35.8. The van der Waals surface area contributed by atoms with Gasteiger partial charge in [-0.1, -0.05) is 51.1 Å². The monoisotopic (exact) mass is 397 g/mol. The number of ketones is 1. The topological polar surface area (TPSA) is 81.7 Å². The number of carbonyl (C=O) groups excluding carboxylic acids is 3. The first-order valence-corrected chi connectivity index (χ1v) is 9.41. The molecule has 1 amide bonds. The predicted molar refractivity (Wildman–Crippen MR) is 111 cm³/mol. The molecule has 2 aromatic carbocycles. The number of esters is 1. The second-order valence-corrected chi connectivity index (χ2v) is 7.79. The number of hydrogen-bond acceptors (Lipinski definition) is 5. The van der Waals surface area contributed by atoms with Gasteiger partial charge in [-0.05, 0) is 43.0 Å². The van der Waals surface area contributed by atoms with Gasteiger partial charge in [0.15, 0.2) is 18.5 Å². The highest BCUT2D eigenvalue weighted by molar-refractivity contribution is 5.98. The van der Waals surface area contributed by atoms with Crippen molar-refractivity contribution in [1.29, 1.82) is 0 Å². The number of para-hydroxylation sites is 1. The average molecular weight is 397 g/mol. The Morgan fingerprint density at radius 1 is 1.03 bits per heavy atom. The van der Waals surface area contributed by atoms with E-state index in [0.717, 1.165) is 5.56 Å². The van der Waals surface area contributed by atoms with Crippen molar-refractivity contribution in [1.82, 2.24) is 0 Å². The minimum Gasteiger partial charge on any atom is -0.482 e. The molecule has 6 heteroatoms. The molecule has 0 unspecified atom stereocenters. The van der Waals surface area contributed by atoms with E-state index < -0.39 is 18.0 Å². The Balaban J connectivity index is 1.92. The van der Waals surface area contributed by atoms with E-state index >= 15 is 0 Å². The largest absolute Gasteiger partial charge is 0.482 e. The van der Waals surface area contributed by atoms with Gasteiger partial charge in [0.25, 0.3) is 5.91 Å². The van der Waals surface area contributed by atoms with Gasteiger partial charge in [0, 0.05) is 11.3 Å². The van der Waals surface area contributed by atoms with Crippen molar-refractivity contribution in [3.63, 3.8) is 0 Å². The van der Waals surface area contributed by atoms with Gasteiger partial charge in [0.2, 0.25) is 0 Å². The number of amides is 1. The number of hydrogen-bond donors (Lipinski definition) is 1. The van der Waals surface area contributed by atoms with Gasteiger partial charge in [-0.15, -0.1) is 0 Å². The molecule has 1 N–H and O–H groups in total. The highest BCUT2D eigenvalue weighted by atomic mass is 16.6. The molecule has 0 aliphatic heterocycles. The number of ether oxygens (including phenoxy) is 2. The van der Waals surface area contributed by atoms with Crippen molar-refractivity contribution in [2.24, 2.45) is 0 Å². The summed E-state index contributed by atoms with van der Waals surface area (Å²) in [6.07, 6.45) is -1.01. The van der Waals surface area contributed by atoms with E-state index in [2.05, 4.69) is 26.1 Å². The molecule has 0 fully saturated rings. The third-order valence-corrected chi connectivity index (χ3v) is 4.25. The summed E-state index contributed by atoms with van der Waals surface area (Å²) in [7, 11) is 0. The molecule has 0 saturated carbocycles. The first-order chi connectivity index (χ1) is 13.6. The molecule has 0 saturated heterocycles. The van der Waals surface area contributed by atoms with Crippen molar-refractivity contribution in [3.8, 4) is 5.75 Å². The van der Waals surface area contributed by atoms with Gasteiger partial charge in [0.1, 0.15) is 5.75 Å². The lowest BCUT2D eigenvalue weighted by atomic mass is 9.86. The second-order valence-electron chi connectivity index (χ2n) is 7.79. The number of anilines is 1. The standard InChI is InChI=1S/C23H27NO5/c1-15(25)17-9-8-10-18(13-17)24-22(27)16(2)29-21(26)14-28-20-12-7-6-11-19(20)23(3,4)5/h6-13,16H,14H2,1-5H3,(H,24,27)/t16-/m0/s1. The normalized spacial score (nSPS) is 12.0. The maximum atomic E-state index is 12.3. The van der Waals surface area contributed by atoms with E-state index in [-0.39, 0.29) is 17.8 Å². The molecule has 2 aromatic rings. The Morgan fingerprint density at radius 2 is 1.72 bits per heavy atom. The number of rotatable bonds is 7. The van der Waals surface area contributed by atoms with Crippen molar-refractivity contribution in [3.05, 3.63) is 59.7 Å². The quantitative estimate of drug-likeness (QED) is 0.561. The fraction of sp³-hybridized carbons (Fsp3) is 0.348. The van der Waals surface area contributed by atoms with Gasteiger partial charge in [0.05, 0.1) is 0 Å². The van der Waals surface area contributed by atoms with Crippen LogP contribution in [0.15, 0.2) is 48.5 Å². The lowest BCUT2D eigenvalue weighted by Crippen LogP contribution is -2.31. The summed E-state index contributed by atoms with van der Waals surface area (Å²) in [5, 5.41) is 2.64. The SMILES string of the molecule is CC(=O)c1cccc(NC(=O)[C@H](C)OC(=O)COc2ccccc2C(C)(C)C)c1. The molecule has 2 rings (SSSR count). The predicted octanol–water partition coefficient (Wildman–Crippen LogP) is 4.14. The molecule has 0 aromatic heterocycles. The fourth-order valence-corrected chi connectivity index (χ4v) is 2.69. The molecule has 1 atom stereocenters. The molecule has 0 radical (unpaired) electrons. The molecule has 0 aliphatic rings. The van der Waals surface area contributed by atoms with E-state index in [0.29, 0.717) is 17.0 Å². The third-order valence-electron chi connectivity index (χ3n) is 4.25. The summed E-state index contributed by atoms with van der Waals surface area (Å²) in [6, 6.07) is 14.1. The second kappa shape index (κ2) is 9.37. The zero-order valence-electron chi connectivity index (χ0n) is 17.4. The molecular formula is C23H27NO5. The molecule has 0 aliphatic carbocycles. The highest BCUT2D eigenvalue weighted by Crippen LogP contribution is 2.30. The number of Topliss-reactive ketones (excluding diaryl/α,β-unsaturated/α-hetero) is 1. The zero-order valence-corrected chi connectivity index (χ0v) is 17.4. The van der Waals surface area contributed by atoms with Gasteiger partial charge in [-0.3, -0.25) is 9.59 Å². The van der Waals surface area contributed by atoms with Crippen molar-refractivity contribution in [2.45, 2.75) is 46.1 Å². The maximum absolute atomic E-state index is 12.3. The Morgan fingerprint density at radius 3 is 2.38 bits per heavy atom. The highest BCUT2D eigenvalue weighted by Gasteiger charge is 2.21. The maximum Gasteiger partial charge on any atom is 0.344 e. The van der Waals surface area contributed by atoms with Crippen molar-refractivity contribution >= 4 is 23.3 Å². The summed E-state index contributed by atoms with van der Waals surface area (Å²) < 4.78 is 10.8. The number of benzene rings is 2. The molecule has 29 heavy (non-hydrogen) atoms. The smallest absolute Gasteiger partial charge is 0.344 e. The molecule has 0 bridgehead atoms. The van der Waals surface area contributed by atoms with E-state index in [1.165, 1.54) is 13.8 Å². The minimum absolute atomic E-state index is 0.103. The lowest BCUT2D eigenvalue weighted by Gasteiger charge is -2.22. The fourth-order valence-electron chi connectivity index (χ4n) is 2.69. The Hall–Kier alpha value is -3.15. The summed E-state index contributed by atoms with van der Waals surface area (Å²) in [5.41, 5.74) is 1.78. The lowest BCUT2D eigenvalue weighted by molar-refractivity contribution is -0.155. The molecule has 6 nitrogen and oxygen atoms in total. The van der Waals surface area contributed by atoms with Crippen LogP contribution in [-0.4, -0.2) is 30.4 Å². The van der Waals surface area contributed by atoms with Gasteiger partial charge in [-0.2, -0.15) is 0 Å². The number of carbonyl (C=O) groups is 3. The van der Waals surface area contributed by atoms with Gasteiger partial charge in [-0.25, -0.2) is 4.79 Å². The van der Waals surface area contributed by atoms with Crippen molar-refractivity contribution < 1.29 is 23.9 Å². The van der Waals surface area contributed by atoms with Crippen LogP contribution in [0.4, 0.5) is 5.69 Å². The molecule has 0 spiro atoms. The Kier molecular flexibility index (Phi) is 7.15. The van der Waals surface area contributed by atoms with Crippen LogP contribution in [0.1, 0.15) is 50.5 Å². The zero-order chi connectivity index (χ0) is 21.6. The van der Waals surface area contributed by atoms with E-state index in [4.69, 9.17) is 9.47 Å². The van der Waals surface area contributed by atoms with Gasteiger partial charge >= 0.3 is 5.97 Å². The summed E-state index contributed by atoms with van der Waals surface area (Å²) in [6.45, 7) is 8.79. The third kappa shape index (κ3) is 6.45. The van der Waals surface area contributed by atoms with Crippen LogP contribution in [0.25, 0.3) is 0 Å².